The molecule has 0 saturated heterocycles. The molecule has 0 aliphatic carbocycles. The van der Waals surface area contributed by atoms with Gasteiger partial charge >= 0.3 is 17.9 Å². The first kappa shape index (κ1) is 59.6. The Morgan fingerprint density at radius 1 is 0.323 bits per heavy atom. The van der Waals surface area contributed by atoms with Crippen LogP contribution in [0, 0.1) is 0 Å². The number of hydrogen-bond acceptors (Lipinski definition) is 6. The number of hydrogen-bond donors (Lipinski definition) is 0. The molecule has 1 atom stereocenters. The molecule has 0 aromatic carbocycles. The van der Waals surface area contributed by atoms with E-state index in [4.69, 9.17) is 14.2 Å². The summed E-state index contributed by atoms with van der Waals surface area (Å²) in [6.07, 6.45) is 59.8. The van der Waals surface area contributed by atoms with E-state index in [0.29, 0.717) is 19.3 Å². The van der Waals surface area contributed by atoms with E-state index in [0.717, 1.165) is 77.0 Å². The van der Waals surface area contributed by atoms with Crippen molar-refractivity contribution in [3.63, 3.8) is 0 Å². The third-order valence-corrected chi connectivity index (χ3v) is 11.9. The van der Waals surface area contributed by atoms with Gasteiger partial charge in [0.1, 0.15) is 13.2 Å². The van der Waals surface area contributed by atoms with Crippen LogP contribution in [-0.4, -0.2) is 37.2 Å². The van der Waals surface area contributed by atoms with E-state index < -0.39 is 6.10 Å². The average Bonchev–Trinajstić information content (AvgIpc) is 3.27. The molecule has 6 nitrogen and oxygen atoms in total. The molecular formula is C56H102O6. The second-order valence-corrected chi connectivity index (χ2v) is 18.2. The standard InChI is InChI=1S/C56H102O6/c1-4-7-10-13-16-19-22-24-26-27-28-29-31-32-34-37-40-43-46-49-55(58)61-52-53(51-60-54(57)48-45-42-39-36-21-18-15-12-9-6-3)62-56(59)50-47-44-41-38-35-33-30-25-23-20-17-14-11-8-5-2/h16,19,24,26,28-29,53H,4-15,17-18,20-23,25,27,30-52H2,1-3H3/b19-16-,26-24-,29-28-. The van der Waals surface area contributed by atoms with Crippen LogP contribution in [0.3, 0.4) is 0 Å². The molecule has 0 spiro atoms. The van der Waals surface area contributed by atoms with E-state index in [-0.39, 0.29) is 31.1 Å². The van der Waals surface area contributed by atoms with Gasteiger partial charge in [0.15, 0.2) is 6.10 Å². The van der Waals surface area contributed by atoms with Gasteiger partial charge in [-0.25, -0.2) is 0 Å². The maximum atomic E-state index is 12.8. The summed E-state index contributed by atoms with van der Waals surface area (Å²) < 4.78 is 16.8. The van der Waals surface area contributed by atoms with E-state index >= 15 is 0 Å². The molecule has 0 heterocycles. The number of rotatable bonds is 49. The fourth-order valence-electron chi connectivity index (χ4n) is 7.80. The van der Waals surface area contributed by atoms with E-state index in [1.807, 2.05) is 0 Å². The monoisotopic (exact) mass is 871 g/mol. The van der Waals surface area contributed by atoms with E-state index in [1.165, 1.54) is 167 Å². The lowest BCUT2D eigenvalue weighted by molar-refractivity contribution is -0.167. The van der Waals surface area contributed by atoms with Crippen molar-refractivity contribution in [1.82, 2.24) is 0 Å². The van der Waals surface area contributed by atoms with E-state index in [2.05, 4.69) is 57.2 Å². The Kier molecular flexibility index (Phi) is 49.3. The SMILES string of the molecule is CCCCC/C=C\C/C=C\C/C=C\CCCCCCCCC(=O)OCC(COC(=O)CCCCCCCCCCCC)OC(=O)CCCCCCCCCCCCCCCCC. The minimum atomic E-state index is -0.771. The van der Waals surface area contributed by atoms with Gasteiger partial charge in [0.2, 0.25) is 0 Å². The molecule has 0 saturated carbocycles. The second-order valence-electron chi connectivity index (χ2n) is 18.2. The third kappa shape index (κ3) is 48.7. The van der Waals surface area contributed by atoms with Crippen LogP contribution in [0.15, 0.2) is 36.5 Å². The molecule has 0 aromatic heterocycles. The van der Waals surface area contributed by atoms with Gasteiger partial charge in [-0.15, -0.1) is 0 Å². The van der Waals surface area contributed by atoms with Crippen LogP contribution in [0.2, 0.25) is 0 Å². The van der Waals surface area contributed by atoms with Crippen LogP contribution < -0.4 is 0 Å². The largest absolute Gasteiger partial charge is 0.462 e. The average molecular weight is 871 g/mol. The van der Waals surface area contributed by atoms with Crippen LogP contribution in [0.25, 0.3) is 0 Å². The molecular weight excluding hydrogens is 769 g/mol. The number of carbonyl (C=O) groups is 3. The third-order valence-electron chi connectivity index (χ3n) is 11.9. The van der Waals surface area contributed by atoms with Gasteiger partial charge in [-0.2, -0.15) is 0 Å². The number of allylic oxidation sites excluding steroid dienone is 6. The van der Waals surface area contributed by atoms with Crippen molar-refractivity contribution >= 4 is 17.9 Å². The van der Waals surface area contributed by atoms with Gasteiger partial charge in [-0.05, 0) is 57.8 Å². The van der Waals surface area contributed by atoms with Gasteiger partial charge < -0.3 is 14.2 Å². The molecule has 0 aromatic rings. The van der Waals surface area contributed by atoms with Crippen molar-refractivity contribution in [2.75, 3.05) is 13.2 Å². The Morgan fingerprint density at radius 2 is 0.581 bits per heavy atom. The maximum absolute atomic E-state index is 12.8. The summed E-state index contributed by atoms with van der Waals surface area (Å²) in [7, 11) is 0. The van der Waals surface area contributed by atoms with Crippen LogP contribution in [0.1, 0.15) is 284 Å². The van der Waals surface area contributed by atoms with Gasteiger partial charge in [-0.1, -0.05) is 243 Å². The quantitative estimate of drug-likeness (QED) is 0.0262. The lowest BCUT2D eigenvalue weighted by Crippen LogP contribution is -2.30. The smallest absolute Gasteiger partial charge is 0.306 e. The maximum Gasteiger partial charge on any atom is 0.306 e. The molecule has 0 aliphatic heterocycles. The highest BCUT2D eigenvalue weighted by atomic mass is 16.6. The molecule has 0 N–H and O–H groups in total. The van der Waals surface area contributed by atoms with Gasteiger partial charge in [0.05, 0.1) is 0 Å². The summed E-state index contributed by atoms with van der Waals surface area (Å²) in [5.41, 5.74) is 0. The zero-order valence-corrected chi connectivity index (χ0v) is 41.4. The minimum Gasteiger partial charge on any atom is -0.462 e. The first-order chi connectivity index (χ1) is 30.5. The Morgan fingerprint density at radius 3 is 0.935 bits per heavy atom. The summed E-state index contributed by atoms with van der Waals surface area (Å²) in [6.45, 7) is 6.62. The summed E-state index contributed by atoms with van der Waals surface area (Å²) in [6, 6.07) is 0. The first-order valence-corrected chi connectivity index (χ1v) is 27.0. The summed E-state index contributed by atoms with van der Waals surface area (Å²) in [5, 5.41) is 0. The van der Waals surface area contributed by atoms with Gasteiger partial charge in [0.25, 0.3) is 0 Å². The normalized spacial score (nSPS) is 12.2. The predicted octanol–water partition coefficient (Wildman–Crippen LogP) is 17.7. The number of carbonyl (C=O) groups excluding carboxylic acids is 3. The molecule has 62 heavy (non-hydrogen) atoms. The van der Waals surface area contributed by atoms with Gasteiger partial charge in [-0.3, -0.25) is 14.4 Å². The topological polar surface area (TPSA) is 78.9 Å². The van der Waals surface area contributed by atoms with Crippen molar-refractivity contribution in [3.8, 4) is 0 Å². The molecule has 0 bridgehead atoms. The van der Waals surface area contributed by atoms with Crippen LogP contribution in [0.4, 0.5) is 0 Å². The molecule has 0 fully saturated rings. The van der Waals surface area contributed by atoms with Crippen molar-refractivity contribution in [2.24, 2.45) is 0 Å². The zero-order valence-electron chi connectivity index (χ0n) is 41.4. The van der Waals surface area contributed by atoms with Crippen molar-refractivity contribution in [2.45, 2.75) is 290 Å². The molecule has 0 rings (SSSR count). The Hall–Kier alpha value is -2.37. The highest BCUT2D eigenvalue weighted by Crippen LogP contribution is 2.16. The lowest BCUT2D eigenvalue weighted by atomic mass is 10.0. The first-order valence-electron chi connectivity index (χ1n) is 27.0. The van der Waals surface area contributed by atoms with Crippen molar-refractivity contribution < 1.29 is 28.6 Å². The minimum absolute atomic E-state index is 0.0722. The number of ether oxygens (including phenoxy) is 3. The highest BCUT2D eigenvalue weighted by molar-refractivity contribution is 5.71. The van der Waals surface area contributed by atoms with Crippen LogP contribution >= 0.6 is 0 Å². The number of unbranched alkanes of at least 4 members (excludes halogenated alkanes) is 32. The van der Waals surface area contributed by atoms with Gasteiger partial charge in [0, 0.05) is 19.3 Å². The summed E-state index contributed by atoms with van der Waals surface area (Å²) in [5.74, 6) is -0.873. The van der Waals surface area contributed by atoms with E-state index in [1.54, 1.807) is 0 Å². The molecule has 0 radical (unpaired) electrons. The molecule has 0 amide bonds. The summed E-state index contributed by atoms with van der Waals surface area (Å²) in [4.78, 5) is 38.0. The Labute approximate surface area is 385 Å². The highest BCUT2D eigenvalue weighted by Gasteiger charge is 2.19. The molecule has 362 valence electrons. The lowest BCUT2D eigenvalue weighted by Gasteiger charge is -2.18. The van der Waals surface area contributed by atoms with E-state index in [9.17, 15) is 14.4 Å². The predicted molar refractivity (Wildman–Crippen MR) is 266 cm³/mol. The van der Waals surface area contributed by atoms with Crippen molar-refractivity contribution in [3.05, 3.63) is 36.5 Å². The fourth-order valence-corrected chi connectivity index (χ4v) is 7.80. The van der Waals surface area contributed by atoms with Crippen LogP contribution in [-0.2, 0) is 28.6 Å². The molecule has 1 unspecified atom stereocenters. The number of esters is 3. The molecule has 0 aliphatic rings. The fraction of sp³-hybridized carbons (Fsp3) is 0.839. The van der Waals surface area contributed by atoms with Crippen LogP contribution in [0.5, 0.6) is 0 Å². The Bertz CT molecular complexity index is 1050. The second kappa shape index (κ2) is 51.3. The molecule has 6 heteroatoms. The zero-order chi connectivity index (χ0) is 45.1. The Balaban J connectivity index is 4.32. The van der Waals surface area contributed by atoms with Crippen molar-refractivity contribution in [1.29, 1.82) is 0 Å². The summed E-state index contributed by atoms with van der Waals surface area (Å²) >= 11 is 0.